The number of ether oxygens (including phenoxy) is 1. The molecule has 0 fully saturated rings. The lowest BCUT2D eigenvalue weighted by Crippen LogP contribution is -2.09. The number of anilines is 1. The van der Waals surface area contributed by atoms with E-state index in [1.807, 2.05) is 54.6 Å². The molecule has 7 aromatic carbocycles. The number of aromatic nitrogens is 2. The molecule has 47 heavy (non-hydrogen) atoms. The largest absolute Gasteiger partial charge is 0.464 e. The zero-order chi connectivity index (χ0) is 31.2. The summed E-state index contributed by atoms with van der Waals surface area (Å²) >= 11 is 0. The van der Waals surface area contributed by atoms with E-state index < -0.39 is 0 Å². The lowest BCUT2D eigenvalue weighted by Gasteiger charge is -2.12. The molecule has 4 heteroatoms. The van der Waals surface area contributed by atoms with Crippen molar-refractivity contribution in [3.05, 3.63) is 169 Å². The van der Waals surface area contributed by atoms with Crippen LogP contribution in [-0.2, 0) is 0 Å². The number of nitrogens with zero attached hydrogens (tertiary/aromatic N) is 2. The predicted molar refractivity (Wildman–Crippen MR) is 192 cm³/mol. The average Bonchev–Trinajstić information content (AvgIpc) is 3.60. The van der Waals surface area contributed by atoms with Gasteiger partial charge in [-0.05, 0) is 51.6 Å². The average molecular weight is 604 g/mol. The van der Waals surface area contributed by atoms with Crippen LogP contribution in [0.4, 0.5) is 5.69 Å². The molecule has 0 amide bonds. The number of rotatable bonds is 5. The lowest BCUT2D eigenvalue weighted by atomic mass is 9.95. The van der Waals surface area contributed by atoms with Crippen molar-refractivity contribution in [2.24, 2.45) is 0 Å². The Hall–Kier alpha value is -6.26. The second kappa shape index (κ2) is 11.3. The SMILES string of the molecule is c1ccc(-c2cc(-c3ccccc3)nc(-c3cccc(-c4ccc5c(ccc6ccc7c(c65)NC(c5ccccc5)O7)c4)c3)n2)cc1. The molecule has 0 aliphatic carbocycles. The Bertz CT molecular complexity index is 2350. The van der Waals surface area contributed by atoms with Crippen molar-refractivity contribution in [3.63, 3.8) is 0 Å². The summed E-state index contributed by atoms with van der Waals surface area (Å²) < 4.78 is 6.35. The van der Waals surface area contributed by atoms with Crippen LogP contribution in [0.5, 0.6) is 5.75 Å². The molecule has 9 rings (SSSR count). The Morgan fingerprint density at radius 1 is 0.468 bits per heavy atom. The molecule has 1 N–H and O–H groups in total. The third-order valence-corrected chi connectivity index (χ3v) is 8.90. The molecule has 2 heterocycles. The van der Waals surface area contributed by atoms with Gasteiger partial charge >= 0.3 is 0 Å². The van der Waals surface area contributed by atoms with Crippen molar-refractivity contribution >= 4 is 27.2 Å². The van der Waals surface area contributed by atoms with E-state index in [4.69, 9.17) is 14.7 Å². The lowest BCUT2D eigenvalue weighted by molar-refractivity contribution is 0.260. The maximum absolute atomic E-state index is 6.35. The summed E-state index contributed by atoms with van der Waals surface area (Å²) in [5.74, 6) is 1.58. The zero-order valence-electron chi connectivity index (χ0n) is 25.5. The van der Waals surface area contributed by atoms with Crippen molar-refractivity contribution < 1.29 is 4.74 Å². The maximum Gasteiger partial charge on any atom is 0.196 e. The standard InChI is InChI=1S/C43H29N3O/c1-4-11-28(12-5-1)37-27-38(29-13-6-2-7-14-29)45-42(44-37)35-18-10-17-32(26-35)33-21-23-36-34(25-33)20-19-30-22-24-39-41(40(30)36)46-43(47-39)31-15-8-3-9-16-31/h1-27,43,46H. The summed E-state index contributed by atoms with van der Waals surface area (Å²) in [5.41, 5.74) is 9.30. The van der Waals surface area contributed by atoms with Crippen LogP contribution in [0, 0.1) is 0 Å². The molecule has 1 aliphatic heterocycles. The van der Waals surface area contributed by atoms with E-state index in [9.17, 15) is 0 Å². The molecular formula is C43H29N3O. The summed E-state index contributed by atoms with van der Waals surface area (Å²) in [4.78, 5) is 10.1. The summed E-state index contributed by atoms with van der Waals surface area (Å²) in [6, 6.07) is 56.8. The molecule has 0 spiro atoms. The molecular weight excluding hydrogens is 574 g/mol. The van der Waals surface area contributed by atoms with Gasteiger partial charge in [0.1, 0.15) is 5.75 Å². The molecule has 222 valence electrons. The van der Waals surface area contributed by atoms with Gasteiger partial charge in [-0.3, -0.25) is 0 Å². The minimum absolute atomic E-state index is 0.209. The minimum Gasteiger partial charge on any atom is -0.464 e. The van der Waals surface area contributed by atoms with Gasteiger partial charge in [0.25, 0.3) is 0 Å². The smallest absolute Gasteiger partial charge is 0.196 e. The van der Waals surface area contributed by atoms with E-state index in [1.165, 1.54) is 21.5 Å². The third kappa shape index (κ3) is 4.97. The van der Waals surface area contributed by atoms with Gasteiger partial charge in [0.15, 0.2) is 12.1 Å². The van der Waals surface area contributed by atoms with Crippen molar-refractivity contribution in [2.45, 2.75) is 6.23 Å². The van der Waals surface area contributed by atoms with Gasteiger partial charge in [-0.15, -0.1) is 0 Å². The van der Waals surface area contributed by atoms with Crippen LogP contribution < -0.4 is 10.1 Å². The van der Waals surface area contributed by atoms with Crippen LogP contribution in [-0.4, -0.2) is 9.97 Å². The van der Waals surface area contributed by atoms with E-state index in [1.54, 1.807) is 0 Å². The summed E-state index contributed by atoms with van der Waals surface area (Å²) in [7, 11) is 0. The van der Waals surface area contributed by atoms with Gasteiger partial charge in [-0.25, -0.2) is 9.97 Å². The Labute approximate surface area is 273 Å². The second-order valence-corrected chi connectivity index (χ2v) is 11.9. The van der Waals surface area contributed by atoms with Crippen LogP contribution in [0.15, 0.2) is 164 Å². The first-order valence-electron chi connectivity index (χ1n) is 15.9. The van der Waals surface area contributed by atoms with Crippen LogP contribution in [0.2, 0.25) is 0 Å². The zero-order valence-corrected chi connectivity index (χ0v) is 25.5. The molecule has 1 aromatic heterocycles. The van der Waals surface area contributed by atoms with Crippen molar-refractivity contribution in [2.75, 3.05) is 5.32 Å². The number of hydrogen-bond acceptors (Lipinski definition) is 4. The normalized spacial score (nSPS) is 13.7. The van der Waals surface area contributed by atoms with Gasteiger partial charge in [0.2, 0.25) is 0 Å². The van der Waals surface area contributed by atoms with Crippen LogP contribution in [0.3, 0.4) is 0 Å². The number of hydrogen-bond donors (Lipinski definition) is 1. The van der Waals surface area contributed by atoms with E-state index in [0.29, 0.717) is 5.82 Å². The highest BCUT2D eigenvalue weighted by atomic mass is 16.5. The Morgan fingerprint density at radius 3 is 1.79 bits per heavy atom. The summed E-state index contributed by atoms with van der Waals surface area (Å²) in [5, 5.41) is 8.38. The number of benzene rings is 7. The van der Waals surface area contributed by atoms with Crippen LogP contribution >= 0.6 is 0 Å². The fraction of sp³-hybridized carbons (Fsp3) is 0.0233. The number of fused-ring (bicyclic) bond motifs is 5. The quantitative estimate of drug-likeness (QED) is 0.199. The van der Waals surface area contributed by atoms with Gasteiger partial charge in [0, 0.05) is 27.6 Å². The molecule has 4 nitrogen and oxygen atoms in total. The highest BCUT2D eigenvalue weighted by molar-refractivity contribution is 6.15. The summed E-state index contributed by atoms with van der Waals surface area (Å²) in [6.45, 7) is 0. The molecule has 1 atom stereocenters. The Balaban J connectivity index is 1.12. The molecule has 8 aromatic rings. The third-order valence-electron chi connectivity index (χ3n) is 8.90. The fourth-order valence-electron chi connectivity index (χ4n) is 6.55. The van der Waals surface area contributed by atoms with Gasteiger partial charge in [-0.1, -0.05) is 140 Å². The van der Waals surface area contributed by atoms with Crippen LogP contribution in [0.25, 0.3) is 66.6 Å². The predicted octanol–water partition coefficient (Wildman–Crippen LogP) is 11.0. The maximum atomic E-state index is 6.35. The van der Waals surface area contributed by atoms with E-state index in [-0.39, 0.29) is 6.23 Å². The van der Waals surface area contributed by atoms with E-state index in [2.05, 4.69) is 115 Å². The van der Waals surface area contributed by atoms with Crippen LogP contribution in [0.1, 0.15) is 11.8 Å². The first kappa shape index (κ1) is 27.1. The van der Waals surface area contributed by atoms with E-state index in [0.717, 1.165) is 56.2 Å². The first-order valence-corrected chi connectivity index (χ1v) is 15.9. The molecule has 0 saturated heterocycles. The van der Waals surface area contributed by atoms with E-state index >= 15 is 0 Å². The molecule has 0 bridgehead atoms. The van der Waals surface area contributed by atoms with Gasteiger partial charge in [-0.2, -0.15) is 0 Å². The first-order chi connectivity index (χ1) is 23.3. The minimum atomic E-state index is -0.209. The van der Waals surface area contributed by atoms with Crippen molar-refractivity contribution in [1.82, 2.24) is 9.97 Å². The molecule has 0 saturated carbocycles. The van der Waals surface area contributed by atoms with Crippen molar-refractivity contribution in [1.29, 1.82) is 0 Å². The van der Waals surface area contributed by atoms with Crippen molar-refractivity contribution in [3.8, 4) is 50.8 Å². The Kier molecular flexibility index (Phi) is 6.50. The highest BCUT2D eigenvalue weighted by Crippen LogP contribution is 2.45. The second-order valence-electron chi connectivity index (χ2n) is 11.9. The Morgan fingerprint density at radius 2 is 1.06 bits per heavy atom. The monoisotopic (exact) mass is 603 g/mol. The molecule has 1 unspecified atom stereocenters. The molecule has 1 aliphatic rings. The van der Waals surface area contributed by atoms with Gasteiger partial charge < -0.3 is 10.1 Å². The summed E-state index contributed by atoms with van der Waals surface area (Å²) in [6.07, 6.45) is -0.209. The van der Waals surface area contributed by atoms with Gasteiger partial charge in [0.05, 0.1) is 17.1 Å². The topological polar surface area (TPSA) is 47.0 Å². The number of nitrogens with one attached hydrogen (secondary N) is 1. The highest BCUT2D eigenvalue weighted by Gasteiger charge is 2.26. The fourth-order valence-corrected chi connectivity index (χ4v) is 6.55. The molecule has 0 radical (unpaired) electrons.